The molecule has 0 unspecified atom stereocenters. The van der Waals surface area contributed by atoms with Crippen LogP contribution in [0.25, 0.3) is 0 Å². The first-order chi connectivity index (χ1) is 11.9. The smallest absolute Gasteiger partial charge is 0.00886 e. The Hall–Kier alpha value is -0.880. The van der Waals surface area contributed by atoms with Gasteiger partial charge in [0.25, 0.3) is 0 Å². The number of hydrogen-bond donors (Lipinski definition) is 0. The summed E-state index contributed by atoms with van der Waals surface area (Å²) in [5, 5.41) is 0. The van der Waals surface area contributed by atoms with Gasteiger partial charge in [0.15, 0.2) is 0 Å². The van der Waals surface area contributed by atoms with E-state index in [0.717, 1.165) is 25.7 Å². The zero-order chi connectivity index (χ0) is 17.6. The van der Waals surface area contributed by atoms with Crippen LogP contribution in [0.15, 0.2) is 0 Å². The lowest BCUT2D eigenvalue weighted by Gasteiger charge is -2.03. The predicted molar refractivity (Wildman–Crippen MR) is 110 cm³/mol. The second kappa shape index (κ2) is 22.1. The quantitative estimate of drug-likeness (QED) is 0.210. The molecular formula is C24H42. The summed E-state index contributed by atoms with van der Waals surface area (Å²) in [6.45, 7) is 4.25. The van der Waals surface area contributed by atoms with Gasteiger partial charge >= 0.3 is 0 Å². The maximum Gasteiger partial charge on any atom is 0.00886 e. The third-order valence-corrected chi connectivity index (χ3v) is 4.46. The summed E-state index contributed by atoms with van der Waals surface area (Å²) in [6.07, 6.45) is 24.0. The highest BCUT2D eigenvalue weighted by Gasteiger charge is 1.94. The highest BCUT2D eigenvalue weighted by molar-refractivity contribution is 4.97. The van der Waals surface area contributed by atoms with Crippen LogP contribution in [0.5, 0.6) is 0 Å². The highest BCUT2D eigenvalue weighted by Crippen LogP contribution is 2.13. The van der Waals surface area contributed by atoms with Crippen LogP contribution < -0.4 is 0 Å². The van der Waals surface area contributed by atoms with Gasteiger partial charge in [0, 0.05) is 25.7 Å². The van der Waals surface area contributed by atoms with Crippen molar-refractivity contribution < 1.29 is 0 Å². The van der Waals surface area contributed by atoms with E-state index in [4.69, 9.17) is 0 Å². The largest absolute Gasteiger partial charge is 0.104 e. The molecule has 24 heavy (non-hydrogen) atoms. The molecular weight excluding hydrogens is 288 g/mol. The molecule has 0 saturated heterocycles. The monoisotopic (exact) mass is 330 g/mol. The molecule has 0 saturated carbocycles. The predicted octanol–water partition coefficient (Wildman–Crippen LogP) is 8.05. The number of rotatable bonds is 15. The van der Waals surface area contributed by atoms with Gasteiger partial charge in [0.2, 0.25) is 0 Å². The van der Waals surface area contributed by atoms with E-state index in [0.29, 0.717) is 0 Å². The summed E-state index contributed by atoms with van der Waals surface area (Å²) in [5.41, 5.74) is 0. The summed E-state index contributed by atoms with van der Waals surface area (Å²) < 4.78 is 0. The molecule has 0 bridgehead atoms. The first-order valence-electron chi connectivity index (χ1n) is 10.8. The minimum Gasteiger partial charge on any atom is -0.104 e. The summed E-state index contributed by atoms with van der Waals surface area (Å²) in [5.74, 6) is 12.8. The van der Waals surface area contributed by atoms with E-state index in [1.54, 1.807) is 0 Å². The second-order valence-electron chi connectivity index (χ2n) is 6.86. The van der Waals surface area contributed by atoms with E-state index in [9.17, 15) is 0 Å². The lowest BCUT2D eigenvalue weighted by atomic mass is 10.0. The third-order valence-electron chi connectivity index (χ3n) is 4.46. The van der Waals surface area contributed by atoms with Crippen LogP contribution in [-0.4, -0.2) is 0 Å². The molecule has 0 radical (unpaired) electrons. The lowest BCUT2D eigenvalue weighted by molar-refractivity contribution is 0.535. The van der Waals surface area contributed by atoms with Crippen LogP contribution in [0.2, 0.25) is 0 Å². The Morgan fingerprint density at radius 1 is 0.333 bits per heavy atom. The molecule has 0 rings (SSSR count). The molecule has 0 aromatic carbocycles. The third kappa shape index (κ3) is 21.1. The van der Waals surface area contributed by atoms with Crippen molar-refractivity contribution in [2.24, 2.45) is 0 Å². The fraction of sp³-hybridized carbons (Fsp3) is 0.833. The van der Waals surface area contributed by atoms with Gasteiger partial charge in [-0.05, 0) is 12.8 Å². The SMILES string of the molecule is CCC#CCCCCCCCCCCCCCCCCC#CCC. The lowest BCUT2D eigenvalue weighted by Crippen LogP contribution is -1.83. The minimum atomic E-state index is 1.01. The first kappa shape index (κ1) is 23.1. The molecule has 0 aliphatic rings. The van der Waals surface area contributed by atoms with Crippen LogP contribution in [-0.2, 0) is 0 Å². The molecule has 0 heterocycles. The minimum absolute atomic E-state index is 1.01. The van der Waals surface area contributed by atoms with Crippen molar-refractivity contribution in [2.75, 3.05) is 0 Å². The van der Waals surface area contributed by atoms with Gasteiger partial charge < -0.3 is 0 Å². The summed E-state index contributed by atoms with van der Waals surface area (Å²) >= 11 is 0. The number of unbranched alkanes of at least 4 members (excludes halogenated alkanes) is 15. The highest BCUT2D eigenvalue weighted by atomic mass is 14.0. The Labute approximate surface area is 153 Å². The van der Waals surface area contributed by atoms with Gasteiger partial charge in [-0.25, -0.2) is 0 Å². The van der Waals surface area contributed by atoms with Gasteiger partial charge in [-0.3, -0.25) is 0 Å². The molecule has 0 aliphatic heterocycles. The Balaban J connectivity index is 3.02. The van der Waals surface area contributed by atoms with Crippen molar-refractivity contribution in [2.45, 2.75) is 129 Å². The Bertz CT molecular complexity index is 308. The molecule has 0 atom stereocenters. The molecule has 0 aromatic rings. The van der Waals surface area contributed by atoms with Crippen LogP contribution in [0.1, 0.15) is 129 Å². The molecule has 0 aromatic heterocycles. The summed E-state index contributed by atoms with van der Waals surface area (Å²) in [6, 6.07) is 0. The first-order valence-corrected chi connectivity index (χ1v) is 10.8. The van der Waals surface area contributed by atoms with Crippen molar-refractivity contribution >= 4 is 0 Å². The summed E-state index contributed by atoms with van der Waals surface area (Å²) in [7, 11) is 0. The van der Waals surface area contributed by atoms with E-state index in [-0.39, 0.29) is 0 Å². The summed E-state index contributed by atoms with van der Waals surface area (Å²) in [4.78, 5) is 0. The normalized spacial score (nSPS) is 9.92. The number of hydrogen-bond acceptors (Lipinski definition) is 0. The Kier molecular flexibility index (Phi) is 21.3. The fourth-order valence-corrected chi connectivity index (χ4v) is 2.97. The van der Waals surface area contributed by atoms with Gasteiger partial charge in [0.1, 0.15) is 0 Å². The molecule has 0 fully saturated rings. The van der Waals surface area contributed by atoms with Crippen LogP contribution in [0.3, 0.4) is 0 Å². The zero-order valence-corrected chi connectivity index (χ0v) is 16.7. The van der Waals surface area contributed by atoms with Gasteiger partial charge in [0.05, 0.1) is 0 Å². The van der Waals surface area contributed by atoms with Gasteiger partial charge in [-0.2, -0.15) is 0 Å². The van der Waals surface area contributed by atoms with Crippen molar-refractivity contribution in [3.63, 3.8) is 0 Å². The van der Waals surface area contributed by atoms with Crippen LogP contribution in [0, 0.1) is 23.7 Å². The van der Waals surface area contributed by atoms with E-state index in [2.05, 4.69) is 37.5 Å². The average molecular weight is 331 g/mol. The van der Waals surface area contributed by atoms with Gasteiger partial charge in [-0.15, -0.1) is 23.7 Å². The van der Waals surface area contributed by atoms with E-state index in [1.165, 1.54) is 89.9 Å². The van der Waals surface area contributed by atoms with Crippen molar-refractivity contribution in [1.82, 2.24) is 0 Å². The molecule has 0 spiro atoms. The maximum atomic E-state index is 3.23. The van der Waals surface area contributed by atoms with Crippen molar-refractivity contribution in [1.29, 1.82) is 0 Å². The van der Waals surface area contributed by atoms with Crippen molar-refractivity contribution in [3.05, 3.63) is 0 Å². The molecule has 138 valence electrons. The van der Waals surface area contributed by atoms with E-state index in [1.807, 2.05) is 0 Å². The second-order valence-corrected chi connectivity index (χ2v) is 6.86. The van der Waals surface area contributed by atoms with Crippen LogP contribution in [0.4, 0.5) is 0 Å². The maximum absolute atomic E-state index is 3.23. The zero-order valence-electron chi connectivity index (χ0n) is 16.7. The molecule has 0 nitrogen and oxygen atoms in total. The Morgan fingerprint density at radius 2 is 0.583 bits per heavy atom. The average Bonchev–Trinajstić information content (AvgIpc) is 2.60. The van der Waals surface area contributed by atoms with Crippen molar-refractivity contribution in [3.8, 4) is 23.7 Å². The molecule has 0 aliphatic carbocycles. The Morgan fingerprint density at radius 3 is 0.833 bits per heavy atom. The fourth-order valence-electron chi connectivity index (χ4n) is 2.97. The van der Waals surface area contributed by atoms with E-state index < -0.39 is 0 Å². The van der Waals surface area contributed by atoms with Gasteiger partial charge in [-0.1, -0.05) is 90.9 Å². The molecule has 0 heteroatoms. The molecule has 0 N–H and O–H groups in total. The standard InChI is InChI=1S/C24H42/c1-3-5-7-9-11-13-15-17-19-21-23-24-22-20-18-16-14-12-10-8-6-4-2/h3-4,9-24H2,1-2H3. The topological polar surface area (TPSA) is 0 Å². The van der Waals surface area contributed by atoms with Crippen LogP contribution >= 0.6 is 0 Å². The van der Waals surface area contributed by atoms with E-state index >= 15 is 0 Å². The molecule has 0 amide bonds.